The quantitative estimate of drug-likeness (QED) is 0.428. The van der Waals surface area contributed by atoms with Gasteiger partial charge in [0.1, 0.15) is 0 Å². The Morgan fingerprint density at radius 3 is 1.25 bits per heavy atom. The Balaban J connectivity index is 0.000000502. The van der Waals surface area contributed by atoms with Crippen molar-refractivity contribution in [2.45, 2.75) is 67.2 Å². The van der Waals surface area contributed by atoms with Crippen molar-refractivity contribution in [3.8, 4) is 0 Å². The van der Waals surface area contributed by atoms with Gasteiger partial charge in [-0.1, -0.05) is 47.5 Å². The highest BCUT2D eigenvalue weighted by Crippen LogP contribution is 2.26. The fourth-order valence-corrected chi connectivity index (χ4v) is 4.62. The summed E-state index contributed by atoms with van der Waals surface area (Å²) in [6, 6.07) is 0. The molecule has 0 radical (unpaired) electrons. The lowest BCUT2D eigenvalue weighted by Crippen LogP contribution is -2.45. The summed E-state index contributed by atoms with van der Waals surface area (Å²) in [5.74, 6) is 2.23. The Bertz CT molecular complexity index is 584. The third-order valence-corrected chi connectivity index (χ3v) is 8.27. The lowest BCUT2D eigenvalue weighted by molar-refractivity contribution is -0.129. The summed E-state index contributed by atoms with van der Waals surface area (Å²) in [5, 5.41) is 9.64. The zero-order valence-corrected chi connectivity index (χ0v) is 31.2. The number of thioether (sulfide) groups is 1. The van der Waals surface area contributed by atoms with Crippen LogP contribution in [0.4, 0.5) is 0 Å². The van der Waals surface area contributed by atoms with Gasteiger partial charge in [0.05, 0.1) is 13.2 Å². The van der Waals surface area contributed by atoms with Gasteiger partial charge in [-0.25, -0.2) is 0 Å². The maximum Gasteiger partial charge on any atom is 0.219 e. The molecule has 1 amide bonds. The first kappa shape index (κ1) is 43.5. The molecule has 5 saturated heterocycles. The second-order valence-corrected chi connectivity index (χ2v) is 13.3. The lowest BCUT2D eigenvalue weighted by Gasteiger charge is -2.25. The summed E-state index contributed by atoms with van der Waals surface area (Å²) in [4.78, 5) is 19.9. The molecule has 44 heavy (non-hydrogen) atoms. The average molecular weight is 646 g/mol. The summed E-state index contributed by atoms with van der Waals surface area (Å²) < 4.78 is 5.16. The highest BCUT2D eigenvalue weighted by molar-refractivity contribution is 7.97. The van der Waals surface area contributed by atoms with E-state index in [9.17, 15) is 4.79 Å². The molecular weight excluding hydrogens is 570 g/mol. The number of nitrogens with zero attached hydrogens (tertiary/aromatic N) is 4. The average Bonchev–Trinajstić information content (AvgIpc) is 3.65. The number of morpholine rings is 1. The molecule has 3 N–H and O–H groups in total. The van der Waals surface area contributed by atoms with Crippen LogP contribution in [-0.2, 0) is 9.53 Å². The number of hydrogen-bond acceptors (Lipinski definition) is 9. The minimum atomic E-state index is 0.191. The Morgan fingerprint density at radius 2 is 1.02 bits per heavy atom. The van der Waals surface area contributed by atoms with Crippen LogP contribution in [0.1, 0.15) is 67.2 Å². The second kappa shape index (κ2) is 31.2. The molecule has 9 nitrogen and oxygen atoms in total. The van der Waals surface area contributed by atoms with Gasteiger partial charge in [-0.2, -0.15) is 11.8 Å². The van der Waals surface area contributed by atoms with Crippen molar-refractivity contribution in [2.24, 2.45) is 11.8 Å². The Hall–Kier alpha value is -0.460. The highest BCUT2D eigenvalue weighted by atomic mass is 32.2. The molecule has 5 heterocycles. The second-order valence-electron chi connectivity index (χ2n) is 12.5. The van der Waals surface area contributed by atoms with Gasteiger partial charge in [-0.3, -0.25) is 9.69 Å². The number of nitrogens with one attached hydrogen (secondary N) is 3. The normalized spacial score (nSPS) is 22.1. The molecule has 6 fully saturated rings. The minimum absolute atomic E-state index is 0.191. The number of hydrogen-bond donors (Lipinski definition) is 3. The summed E-state index contributed by atoms with van der Waals surface area (Å²) in [7, 11) is 0. The SMILES string of the molecule is CC(=O)N1CCNCC1.CC1CC1.CC1CNC1.CCN1CCCC1.CCN1CCNCC1.CCN1CCOCC1.CSC. The number of amides is 1. The maximum absolute atomic E-state index is 10.7. The van der Waals surface area contributed by atoms with Crippen LogP contribution in [0.5, 0.6) is 0 Å². The summed E-state index contributed by atoms with van der Waals surface area (Å²) in [5.41, 5.74) is 0. The highest BCUT2D eigenvalue weighted by Gasteiger charge is 2.13. The molecule has 10 heteroatoms. The van der Waals surface area contributed by atoms with Gasteiger partial charge in [0.15, 0.2) is 0 Å². The first-order valence-electron chi connectivity index (χ1n) is 17.8. The van der Waals surface area contributed by atoms with E-state index >= 15 is 0 Å². The third kappa shape index (κ3) is 27.8. The van der Waals surface area contributed by atoms with Gasteiger partial charge < -0.3 is 35.4 Å². The number of likely N-dealkylation sites (N-methyl/N-ethyl adjacent to an activating group) is 2. The topological polar surface area (TPSA) is 75.4 Å². The molecule has 6 aliphatic rings. The number of likely N-dealkylation sites (tertiary alicyclic amines) is 1. The van der Waals surface area contributed by atoms with Crippen molar-refractivity contribution in [2.75, 3.05) is 137 Å². The first-order chi connectivity index (χ1) is 21.3. The van der Waals surface area contributed by atoms with E-state index in [-0.39, 0.29) is 5.91 Å². The van der Waals surface area contributed by atoms with Crippen LogP contribution in [0.15, 0.2) is 0 Å². The van der Waals surface area contributed by atoms with E-state index in [0.29, 0.717) is 0 Å². The predicted octanol–water partition coefficient (Wildman–Crippen LogP) is 3.41. The Labute approximate surface area is 278 Å². The zero-order valence-electron chi connectivity index (χ0n) is 30.4. The van der Waals surface area contributed by atoms with E-state index in [1.807, 2.05) is 17.4 Å². The molecular formula is C34H75N7O2S. The predicted molar refractivity (Wildman–Crippen MR) is 194 cm³/mol. The Kier molecular flexibility index (Phi) is 30.8. The van der Waals surface area contributed by atoms with Gasteiger partial charge in [0, 0.05) is 72.4 Å². The largest absolute Gasteiger partial charge is 0.379 e. The van der Waals surface area contributed by atoms with Crippen LogP contribution in [0.3, 0.4) is 0 Å². The van der Waals surface area contributed by atoms with Gasteiger partial charge >= 0.3 is 0 Å². The van der Waals surface area contributed by atoms with Crippen molar-refractivity contribution in [1.82, 2.24) is 35.6 Å². The standard InChI is InChI=1S/C6H12N2O.C6H14N2.C6H13NO.C6H13N.C4H9N.C4H8.C2H6S/c1-6(9)8-4-2-7-3-5-8;1-2-8-5-3-7-4-6-8;1-2-7-3-5-8-6-4-7;1-2-7-5-3-4-6-7;1-4-2-5-3-4;1-4-2-3-4;1-3-2/h7H,2-5H2,1H3;7H,2-6H2,1H3;2-6H2,1H3;2-6H2,1H3;4-5H,2-3H2,1H3;4H,2-3H2,1H3;1-2H3. The molecule has 1 saturated carbocycles. The lowest BCUT2D eigenvalue weighted by atomic mass is 10.1. The van der Waals surface area contributed by atoms with Gasteiger partial charge in [-0.15, -0.1) is 0 Å². The van der Waals surface area contributed by atoms with Gasteiger partial charge in [-0.05, 0) is 83.0 Å². The molecule has 1 aliphatic carbocycles. The molecule has 0 atom stereocenters. The molecule has 0 spiro atoms. The molecule has 0 aromatic rings. The van der Waals surface area contributed by atoms with Gasteiger partial charge in [0.25, 0.3) is 0 Å². The molecule has 0 bridgehead atoms. The van der Waals surface area contributed by atoms with Gasteiger partial charge in [0.2, 0.25) is 5.91 Å². The van der Waals surface area contributed by atoms with Crippen molar-refractivity contribution in [3.05, 3.63) is 0 Å². The number of carbonyl (C=O) groups excluding carboxylic acids is 1. The first-order valence-corrected chi connectivity index (χ1v) is 19.5. The molecule has 0 aromatic heterocycles. The van der Waals surface area contributed by atoms with Crippen molar-refractivity contribution in [3.63, 3.8) is 0 Å². The third-order valence-electron chi connectivity index (χ3n) is 8.27. The van der Waals surface area contributed by atoms with E-state index in [1.54, 1.807) is 18.7 Å². The number of piperazine rings is 2. The molecule has 6 rings (SSSR count). The number of ether oxygens (including phenoxy) is 1. The van der Waals surface area contributed by atoms with Crippen LogP contribution in [-0.4, -0.2) is 162 Å². The molecule has 0 unspecified atom stereocenters. The summed E-state index contributed by atoms with van der Waals surface area (Å²) in [6.07, 6.45) is 9.90. The van der Waals surface area contributed by atoms with Crippen LogP contribution in [0.2, 0.25) is 0 Å². The number of carbonyl (C=O) groups is 1. The monoisotopic (exact) mass is 646 g/mol. The fraction of sp³-hybridized carbons (Fsp3) is 0.971. The maximum atomic E-state index is 10.7. The molecule has 0 aromatic carbocycles. The number of rotatable bonds is 3. The van der Waals surface area contributed by atoms with Crippen LogP contribution < -0.4 is 16.0 Å². The molecule has 5 aliphatic heterocycles. The van der Waals surface area contributed by atoms with Crippen molar-refractivity contribution in [1.29, 1.82) is 0 Å². The van der Waals surface area contributed by atoms with E-state index in [2.05, 4.69) is 65.3 Å². The van der Waals surface area contributed by atoms with Crippen LogP contribution >= 0.6 is 11.8 Å². The van der Waals surface area contributed by atoms with Crippen molar-refractivity contribution < 1.29 is 9.53 Å². The van der Waals surface area contributed by atoms with E-state index in [4.69, 9.17) is 4.74 Å². The summed E-state index contributed by atoms with van der Waals surface area (Å²) >= 11 is 1.75. The van der Waals surface area contributed by atoms with Crippen LogP contribution in [0, 0.1) is 11.8 Å². The fourth-order valence-electron chi connectivity index (χ4n) is 4.62. The zero-order chi connectivity index (χ0) is 32.8. The van der Waals surface area contributed by atoms with Crippen LogP contribution in [0.25, 0.3) is 0 Å². The Morgan fingerprint density at radius 1 is 0.659 bits per heavy atom. The van der Waals surface area contributed by atoms with E-state index in [1.165, 1.54) is 97.7 Å². The van der Waals surface area contributed by atoms with Crippen molar-refractivity contribution >= 4 is 17.7 Å². The minimum Gasteiger partial charge on any atom is -0.379 e. The molecule has 264 valence electrons. The smallest absolute Gasteiger partial charge is 0.219 e. The summed E-state index contributed by atoms with van der Waals surface area (Å²) in [6.45, 7) is 34.1. The van der Waals surface area contributed by atoms with E-state index < -0.39 is 0 Å². The van der Waals surface area contributed by atoms with E-state index in [0.717, 1.165) is 64.3 Å².